The zero-order valence-corrected chi connectivity index (χ0v) is 20.6. The lowest BCUT2D eigenvalue weighted by Gasteiger charge is -2.33. The van der Waals surface area contributed by atoms with E-state index in [4.69, 9.17) is 19.9 Å². The quantitative estimate of drug-likeness (QED) is 0.575. The van der Waals surface area contributed by atoms with Crippen LogP contribution in [0.3, 0.4) is 0 Å². The number of H-pyrrole nitrogens is 1. The molecule has 180 valence electrons. The monoisotopic (exact) mass is 483 g/mol. The van der Waals surface area contributed by atoms with Crippen LogP contribution in [-0.4, -0.2) is 44.4 Å². The van der Waals surface area contributed by atoms with Crippen LogP contribution in [0.4, 0.5) is 17.2 Å². The summed E-state index contributed by atoms with van der Waals surface area (Å²) in [4.78, 5) is 20.5. The van der Waals surface area contributed by atoms with Crippen molar-refractivity contribution in [2.75, 3.05) is 48.9 Å². The van der Waals surface area contributed by atoms with Crippen LogP contribution in [0.2, 0.25) is 0 Å². The number of anilines is 3. The van der Waals surface area contributed by atoms with Crippen LogP contribution in [0, 0.1) is 0 Å². The summed E-state index contributed by atoms with van der Waals surface area (Å²) in [5.41, 5.74) is 9.83. The number of carbonyl (C=O) groups is 1. The van der Waals surface area contributed by atoms with Gasteiger partial charge in [-0.05, 0) is 50.6 Å². The molecule has 2 aromatic heterocycles. The van der Waals surface area contributed by atoms with E-state index in [0.717, 1.165) is 46.9 Å². The molecular weight excluding hydrogens is 452 g/mol. The van der Waals surface area contributed by atoms with Crippen LogP contribution < -0.4 is 25.7 Å². The molecule has 3 aromatic rings. The molecule has 0 aliphatic carbocycles. The Labute approximate surface area is 203 Å². The lowest BCUT2D eigenvalue weighted by molar-refractivity contribution is -0.329. The van der Waals surface area contributed by atoms with Gasteiger partial charge in [0.1, 0.15) is 23.7 Å². The molecule has 0 spiro atoms. The third kappa shape index (κ3) is 4.31. The number of nitrogens with zero attached hydrogens (tertiary/aromatic N) is 1. The van der Waals surface area contributed by atoms with Gasteiger partial charge in [0, 0.05) is 12.1 Å². The van der Waals surface area contributed by atoms with Crippen molar-refractivity contribution in [1.29, 1.82) is 0 Å². The van der Waals surface area contributed by atoms with Gasteiger partial charge in [-0.25, -0.2) is 4.98 Å². The van der Waals surface area contributed by atoms with Gasteiger partial charge in [-0.2, -0.15) is 0 Å². The number of nitrogen functional groups attached to an aromatic ring is 1. The summed E-state index contributed by atoms with van der Waals surface area (Å²) in [5.74, 6) is 1.59. The SMILES string of the molecule is CCOc1ccc(NC(=O)c2sc3[nH+]c(N4CCOCC4)c4c(c3c2N)CC(C)(C)OC4)cc1. The Morgan fingerprint density at radius 3 is 2.68 bits per heavy atom. The second-order valence-corrected chi connectivity index (χ2v) is 10.2. The van der Waals surface area contributed by atoms with Gasteiger partial charge in [0.25, 0.3) is 11.7 Å². The molecule has 0 saturated carbocycles. The van der Waals surface area contributed by atoms with Crippen molar-refractivity contribution in [3.8, 4) is 5.75 Å². The molecule has 9 heteroatoms. The highest BCUT2D eigenvalue weighted by Gasteiger charge is 2.36. The number of nitrogens with two attached hydrogens (primary N) is 1. The molecule has 1 amide bonds. The van der Waals surface area contributed by atoms with Crippen molar-refractivity contribution in [1.82, 2.24) is 0 Å². The van der Waals surface area contributed by atoms with Crippen LogP contribution in [0.15, 0.2) is 24.3 Å². The first kappa shape index (κ1) is 22.9. The predicted octanol–water partition coefficient (Wildman–Crippen LogP) is 3.64. The molecule has 4 heterocycles. The average molecular weight is 484 g/mol. The summed E-state index contributed by atoms with van der Waals surface area (Å²) in [6.45, 7) is 10.2. The highest BCUT2D eigenvalue weighted by molar-refractivity contribution is 7.21. The molecule has 0 atom stereocenters. The van der Waals surface area contributed by atoms with Crippen LogP contribution in [0.25, 0.3) is 10.2 Å². The number of pyridine rings is 1. The average Bonchev–Trinajstić information content (AvgIpc) is 3.16. The zero-order valence-electron chi connectivity index (χ0n) is 19.8. The fourth-order valence-corrected chi connectivity index (χ4v) is 5.66. The Morgan fingerprint density at radius 2 is 1.97 bits per heavy atom. The van der Waals surface area contributed by atoms with Crippen molar-refractivity contribution < 1.29 is 24.0 Å². The third-order valence-electron chi connectivity index (χ3n) is 6.30. The summed E-state index contributed by atoms with van der Waals surface area (Å²) in [5, 5.41) is 3.91. The van der Waals surface area contributed by atoms with Gasteiger partial charge in [-0.15, -0.1) is 0 Å². The van der Waals surface area contributed by atoms with E-state index in [-0.39, 0.29) is 11.5 Å². The fourth-order valence-electron chi connectivity index (χ4n) is 4.62. The van der Waals surface area contributed by atoms with E-state index in [1.807, 2.05) is 31.2 Å². The van der Waals surface area contributed by atoms with Gasteiger partial charge < -0.3 is 25.3 Å². The number of hydrogen-bond acceptors (Lipinski definition) is 7. The number of rotatable bonds is 5. The standard InChI is InChI=1S/C25H30N4O4S/c1-4-32-16-7-5-15(6-8-16)27-23(30)21-20(26)19-17-13-25(2,3)33-14-18(17)22(28-24(19)34-21)29-9-11-31-12-10-29/h5-8H,4,9-14,26H2,1-3H3,(H,27,30)/p+1. The normalized spacial score (nSPS) is 17.4. The molecule has 4 N–H and O–H groups in total. The first-order valence-electron chi connectivity index (χ1n) is 11.7. The molecule has 8 nitrogen and oxygen atoms in total. The van der Waals surface area contributed by atoms with Crippen LogP contribution in [-0.2, 0) is 22.5 Å². The number of thiophene rings is 1. The summed E-state index contributed by atoms with van der Waals surface area (Å²) in [6, 6.07) is 7.34. The molecule has 2 aliphatic rings. The molecular formula is C25H31N4O4S+. The minimum Gasteiger partial charge on any atom is -0.494 e. The molecule has 1 saturated heterocycles. The van der Waals surface area contributed by atoms with Gasteiger partial charge in [0.2, 0.25) is 0 Å². The number of morpholine rings is 1. The van der Waals surface area contributed by atoms with E-state index in [1.54, 1.807) is 0 Å². The van der Waals surface area contributed by atoms with Gasteiger partial charge in [-0.3, -0.25) is 9.69 Å². The second-order valence-electron chi connectivity index (χ2n) is 9.22. The molecule has 0 radical (unpaired) electrons. The zero-order chi connectivity index (χ0) is 23.9. The van der Waals surface area contributed by atoms with E-state index in [9.17, 15) is 4.79 Å². The second kappa shape index (κ2) is 9.05. The van der Waals surface area contributed by atoms with Gasteiger partial charge in [-0.1, -0.05) is 11.3 Å². The summed E-state index contributed by atoms with van der Waals surface area (Å²) in [7, 11) is 0. The Balaban J connectivity index is 1.54. The number of benzene rings is 1. The number of ether oxygens (including phenoxy) is 3. The minimum atomic E-state index is -0.303. The van der Waals surface area contributed by atoms with Crippen molar-refractivity contribution in [3.05, 3.63) is 40.3 Å². The lowest BCUT2D eigenvalue weighted by Crippen LogP contribution is -2.42. The number of carbonyl (C=O) groups excluding carboxylic acids is 1. The number of hydrogen-bond donors (Lipinski definition) is 2. The molecule has 34 heavy (non-hydrogen) atoms. The maximum absolute atomic E-state index is 13.2. The number of fused-ring (bicyclic) bond motifs is 3. The molecule has 0 bridgehead atoms. The lowest BCUT2D eigenvalue weighted by atomic mass is 9.89. The first-order chi connectivity index (χ1) is 16.4. The van der Waals surface area contributed by atoms with Crippen molar-refractivity contribution in [2.24, 2.45) is 0 Å². The number of aromatic nitrogens is 1. The summed E-state index contributed by atoms with van der Waals surface area (Å²) in [6.07, 6.45) is 0.728. The van der Waals surface area contributed by atoms with Crippen LogP contribution in [0.1, 0.15) is 41.6 Å². The van der Waals surface area contributed by atoms with E-state index in [0.29, 0.717) is 42.7 Å². The van der Waals surface area contributed by atoms with Gasteiger partial charge in [0.15, 0.2) is 4.83 Å². The number of aromatic amines is 1. The maximum atomic E-state index is 13.2. The van der Waals surface area contributed by atoms with Gasteiger partial charge in [0.05, 0.1) is 48.7 Å². The highest BCUT2D eigenvalue weighted by atomic mass is 32.1. The van der Waals surface area contributed by atoms with E-state index < -0.39 is 0 Å². The van der Waals surface area contributed by atoms with Gasteiger partial charge >= 0.3 is 0 Å². The Morgan fingerprint density at radius 1 is 1.24 bits per heavy atom. The largest absolute Gasteiger partial charge is 0.494 e. The summed E-state index contributed by atoms with van der Waals surface area (Å²) >= 11 is 1.40. The topological polar surface area (TPSA) is 100 Å². The van der Waals surface area contributed by atoms with Crippen molar-refractivity contribution >= 4 is 44.7 Å². The van der Waals surface area contributed by atoms with E-state index in [1.165, 1.54) is 16.9 Å². The Hall–Kier alpha value is -2.88. The fraction of sp³-hybridized carbons (Fsp3) is 0.440. The molecule has 5 rings (SSSR count). The first-order valence-corrected chi connectivity index (χ1v) is 12.5. The number of nitrogens with one attached hydrogen (secondary N) is 2. The summed E-state index contributed by atoms with van der Waals surface area (Å²) < 4.78 is 17.2. The Kier molecular flexibility index (Phi) is 6.09. The van der Waals surface area contributed by atoms with Crippen LogP contribution >= 0.6 is 11.3 Å². The maximum Gasteiger partial charge on any atom is 0.281 e. The minimum absolute atomic E-state index is 0.218. The molecule has 1 aromatic carbocycles. The van der Waals surface area contributed by atoms with Crippen molar-refractivity contribution in [2.45, 2.75) is 39.4 Å². The molecule has 0 unspecified atom stereocenters. The van der Waals surface area contributed by atoms with Crippen LogP contribution in [0.5, 0.6) is 5.75 Å². The molecule has 2 aliphatic heterocycles. The Bertz CT molecular complexity index is 1220. The molecule has 1 fully saturated rings. The smallest absolute Gasteiger partial charge is 0.281 e. The number of amides is 1. The predicted molar refractivity (Wildman–Crippen MR) is 134 cm³/mol. The van der Waals surface area contributed by atoms with Crippen molar-refractivity contribution in [3.63, 3.8) is 0 Å². The third-order valence-corrected chi connectivity index (χ3v) is 7.42. The van der Waals surface area contributed by atoms with E-state index >= 15 is 0 Å². The van der Waals surface area contributed by atoms with E-state index in [2.05, 4.69) is 29.0 Å². The highest BCUT2D eigenvalue weighted by Crippen LogP contribution is 2.42.